The first-order valence-electron chi connectivity index (χ1n) is 11.0. The van der Waals surface area contributed by atoms with Crippen LogP contribution in [0.1, 0.15) is 0 Å². The number of hydrogen-bond donors (Lipinski definition) is 0. The second-order valence-electron chi connectivity index (χ2n) is 9.43. The number of halogens is 4. The maximum absolute atomic E-state index is 15.4. The first-order valence-corrected chi connectivity index (χ1v) is 11.0. The third-order valence-corrected chi connectivity index (χ3v) is 7.79. The monoisotopic (exact) mass is 446 g/mol. The number of rotatable bonds is 0. The molecule has 0 fully saturated rings. The van der Waals surface area contributed by atoms with Crippen LogP contribution in [0.2, 0.25) is 0 Å². The van der Waals surface area contributed by atoms with Crippen LogP contribution in [0.25, 0.3) is 86.2 Å². The Morgan fingerprint density at radius 1 is 0.324 bits per heavy atom. The fourth-order valence-corrected chi connectivity index (χ4v) is 6.75. The third kappa shape index (κ3) is 1.69. The van der Waals surface area contributed by atoms with Gasteiger partial charge in [0.05, 0.1) is 0 Å². The fourth-order valence-electron chi connectivity index (χ4n) is 6.75. The molecule has 9 rings (SSSR count). The minimum absolute atomic E-state index is 0.338. The van der Waals surface area contributed by atoms with Crippen LogP contribution in [-0.4, -0.2) is 0 Å². The molecule has 0 N–H and O–H groups in total. The summed E-state index contributed by atoms with van der Waals surface area (Å²) in [7, 11) is 0. The zero-order chi connectivity index (χ0) is 22.6. The summed E-state index contributed by atoms with van der Waals surface area (Å²) in [5.41, 5.74) is 0. The Labute approximate surface area is 187 Å². The van der Waals surface area contributed by atoms with E-state index in [1.54, 1.807) is 6.07 Å². The molecule has 9 aromatic carbocycles. The van der Waals surface area contributed by atoms with E-state index in [0.717, 1.165) is 76.1 Å². The van der Waals surface area contributed by atoms with E-state index in [2.05, 4.69) is 0 Å². The second kappa shape index (κ2) is 5.15. The Balaban J connectivity index is 1.81. The minimum Gasteiger partial charge on any atom is -0.207 e. The summed E-state index contributed by atoms with van der Waals surface area (Å²) in [6.45, 7) is 0. The van der Waals surface area contributed by atoms with Gasteiger partial charge in [-0.3, -0.25) is 0 Å². The Morgan fingerprint density at radius 3 is 1.47 bits per heavy atom. The standard InChI is InChI=1S/C30H10F4/c31-14-3-11-1-2-17-26-23(11)20(8-14)18-6-12-4-15(32)9-21-19-7-13-5-16(33)10-22(34)25(13)27(17)29(19)30(24(12)21)28(18)26/h1-10H. The van der Waals surface area contributed by atoms with E-state index in [1.165, 1.54) is 30.3 Å². The highest BCUT2D eigenvalue weighted by molar-refractivity contribution is 6.54. The lowest BCUT2D eigenvalue weighted by atomic mass is 9.90. The van der Waals surface area contributed by atoms with Crippen LogP contribution in [-0.2, 0) is 0 Å². The molecule has 158 valence electrons. The minimum atomic E-state index is -0.656. The van der Waals surface area contributed by atoms with Crippen LogP contribution >= 0.6 is 0 Å². The Kier molecular flexibility index (Phi) is 2.62. The smallest absolute Gasteiger partial charge is 0.134 e. The molecule has 0 bridgehead atoms. The van der Waals surface area contributed by atoms with E-state index in [0.29, 0.717) is 16.2 Å². The van der Waals surface area contributed by atoms with Crippen molar-refractivity contribution in [1.82, 2.24) is 0 Å². The van der Waals surface area contributed by atoms with Crippen LogP contribution in [0.15, 0.2) is 60.7 Å². The molecule has 9 aromatic rings. The Bertz CT molecular complexity index is 2310. The van der Waals surface area contributed by atoms with Crippen LogP contribution in [0, 0.1) is 23.3 Å². The molecule has 0 spiro atoms. The van der Waals surface area contributed by atoms with Crippen LogP contribution in [0.5, 0.6) is 0 Å². The van der Waals surface area contributed by atoms with Gasteiger partial charge in [0, 0.05) is 16.8 Å². The molecule has 0 saturated carbocycles. The lowest BCUT2D eigenvalue weighted by Gasteiger charge is -2.13. The summed E-state index contributed by atoms with van der Waals surface area (Å²) in [4.78, 5) is 0. The van der Waals surface area contributed by atoms with Crippen molar-refractivity contribution in [2.75, 3.05) is 0 Å². The predicted octanol–water partition coefficient (Wildman–Crippen LogP) is 9.22. The highest BCUT2D eigenvalue weighted by Gasteiger charge is 2.28. The van der Waals surface area contributed by atoms with Gasteiger partial charge in [-0.1, -0.05) is 12.1 Å². The number of fused-ring (bicyclic) bond motifs is 5. The van der Waals surface area contributed by atoms with E-state index in [-0.39, 0.29) is 11.6 Å². The van der Waals surface area contributed by atoms with Gasteiger partial charge < -0.3 is 0 Å². The van der Waals surface area contributed by atoms with Crippen molar-refractivity contribution in [3.63, 3.8) is 0 Å². The molecule has 0 aliphatic rings. The fraction of sp³-hybridized carbons (Fsp3) is 0. The molecule has 0 unspecified atom stereocenters. The maximum atomic E-state index is 15.4. The SMILES string of the molecule is Fc1cc(F)c2c(c1)cc1c3cc(F)cc4cc5c6cc(F)cc7ccc8c2c1c(c43)c5c8c76. The Morgan fingerprint density at radius 2 is 0.794 bits per heavy atom. The second-order valence-corrected chi connectivity index (χ2v) is 9.43. The first kappa shape index (κ1) is 17.3. The molecule has 0 atom stereocenters. The quantitative estimate of drug-likeness (QED) is 0.161. The average molecular weight is 446 g/mol. The summed E-state index contributed by atoms with van der Waals surface area (Å²) in [5.74, 6) is -2.01. The van der Waals surface area contributed by atoms with Crippen LogP contribution in [0.3, 0.4) is 0 Å². The lowest BCUT2D eigenvalue weighted by Crippen LogP contribution is -1.88. The molecule has 0 heterocycles. The molecule has 34 heavy (non-hydrogen) atoms. The van der Waals surface area contributed by atoms with Crippen LogP contribution < -0.4 is 0 Å². The van der Waals surface area contributed by atoms with Gasteiger partial charge in [0.15, 0.2) is 0 Å². The van der Waals surface area contributed by atoms with E-state index >= 15 is 4.39 Å². The van der Waals surface area contributed by atoms with Gasteiger partial charge in [0.2, 0.25) is 0 Å². The van der Waals surface area contributed by atoms with Crippen molar-refractivity contribution in [2.24, 2.45) is 0 Å². The zero-order valence-electron chi connectivity index (χ0n) is 17.3. The van der Waals surface area contributed by atoms with Crippen molar-refractivity contribution in [3.05, 3.63) is 83.9 Å². The van der Waals surface area contributed by atoms with Gasteiger partial charge in [-0.2, -0.15) is 0 Å². The van der Waals surface area contributed by atoms with Crippen LogP contribution in [0.4, 0.5) is 17.6 Å². The van der Waals surface area contributed by atoms with Crippen molar-refractivity contribution in [1.29, 1.82) is 0 Å². The largest absolute Gasteiger partial charge is 0.207 e. The van der Waals surface area contributed by atoms with Crippen molar-refractivity contribution in [3.8, 4) is 0 Å². The third-order valence-electron chi connectivity index (χ3n) is 7.79. The molecular weight excluding hydrogens is 436 g/mol. The van der Waals surface area contributed by atoms with E-state index in [4.69, 9.17) is 0 Å². The molecule has 0 saturated heterocycles. The number of hydrogen-bond acceptors (Lipinski definition) is 0. The molecule has 4 heteroatoms. The Hall–Kier alpha value is -4.18. The summed E-state index contributed by atoms with van der Waals surface area (Å²) >= 11 is 0. The molecule has 0 radical (unpaired) electrons. The van der Waals surface area contributed by atoms with E-state index in [1.807, 2.05) is 18.2 Å². The summed E-state index contributed by atoms with van der Waals surface area (Å²) in [6, 6.07) is 15.8. The molecule has 0 aliphatic heterocycles. The van der Waals surface area contributed by atoms with Gasteiger partial charge in [-0.25, -0.2) is 17.6 Å². The van der Waals surface area contributed by atoms with Crippen molar-refractivity contribution < 1.29 is 17.6 Å². The highest BCUT2D eigenvalue weighted by atomic mass is 19.1. The van der Waals surface area contributed by atoms with Crippen molar-refractivity contribution in [2.45, 2.75) is 0 Å². The molecule has 0 amide bonds. The van der Waals surface area contributed by atoms with Gasteiger partial charge >= 0.3 is 0 Å². The van der Waals surface area contributed by atoms with Gasteiger partial charge in [-0.05, 0) is 118 Å². The van der Waals surface area contributed by atoms with Gasteiger partial charge in [-0.15, -0.1) is 0 Å². The average Bonchev–Trinajstić information content (AvgIpc) is 3.28. The summed E-state index contributed by atoms with van der Waals surface area (Å²) in [5, 5.41) is 12.5. The summed E-state index contributed by atoms with van der Waals surface area (Å²) in [6.07, 6.45) is 0. The molecular formula is C30H10F4. The molecule has 0 nitrogen and oxygen atoms in total. The van der Waals surface area contributed by atoms with E-state index in [9.17, 15) is 13.2 Å². The molecule has 0 aliphatic carbocycles. The molecule has 0 aromatic heterocycles. The lowest BCUT2D eigenvalue weighted by molar-refractivity contribution is 0.592. The topological polar surface area (TPSA) is 0 Å². The van der Waals surface area contributed by atoms with Gasteiger partial charge in [0.25, 0.3) is 0 Å². The highest BCUT2D eigenvalue weighted by Crippen LogP contribution is 2.55. The number of benzene rings is 7. The van der Waals surface area contributed by atoms with Gasteiger partial charge in [0.1, 0.15) is 23.3 Å². The normalized spacial score (nSPS) is 13.3. The van der Waals surface area contributed by atoms with Crippen molar-refractivity contribution >= 4 is 86.2 Å². The first-order chi connectivity index (χ1) is 16.5. The maximum Gasteiger partial charge on any atom is 0.134 e. The predicted molar refractivity (Wildman–Crippen MR) is 131 cm³/mol. The summed E-state index contributed by atoms with van der Waals surface area (Å²) < 4.78 is 59.1. The van der Waals surface area contributed by atoms with E-state index < -0.39 is 11.6 Å². The zero-order valence-corrected chi connectivity index (χ0v) is 17.3.